The van der Waals surface area contributed by atoms with E-state index in [1.807, 2.05) is 12.3 Å². The second-order valence-electron chi connectivity index (χ2n) is 7.98. The van der Waals surface area contributed by atoms with E-state index in [1.54, 1.807) is 34.9 Å². The quantitative estimate of drug-likeness (QED) is 0.287. The van der Waals surface area contributed by atoms with Gasteiger partial charge in [-0.1, -0.05) is 16.8 Å². The van der Waals surface area contributed by atoms with Gasteiger partial charge in [0.2, 0.25) is 5.69 Å². The van der Waals surface area contributed by atoms with Crippen molar-refractivity contribution in [3.05, 3.63) is 76.6 Å². The fourth-order valence-corrected chi connectivity index (χ4v) is 4.65. The lowest BCUT2D eigenvalue weighted by Crippen LogP contribution is -2.34. The van der Waals surface area contributed by atoms with Crippen LogP contribution in [-0.4, -0.2) is 45.0 Å². The van der Waals surface area contributed by atoms with Crippen molar-refractivity contribution >= 4 is 11.6 Å². The van der Waals surface area contributed by atoms with Crippen molar-refractivity contribution in [2.45, 2.75) is 18.9 Å². The number of rotatable bonds is 4. The van der Waals surface area contributed by atoms with Crippen LogP contribution in [0.25, 0.3) is 28.1 Å². The minimum Gasteiger partial charge on any atom is -0.618 e. The highest BCUT2D eigenvalue weighted by Gasteiger charge is 2.34. The molecule has 1 aromatic carbocycles. The van der Waals surface area contributed by atoms with E-state index in [0.717, 1.165) is 21.6 Å². The van der Waals surface area contributed by atoms with Crippen molar-refractivity contribution in [3.8, 4) is 28.1 Å². The molecule has 0 saturated heterocycles. The number of tetrazole rings is 1. The van der Waals surface area contributed by atoms with Gasteiger partial charge in [-0.05, 0) is 41.5 Å². The zero-order valence-corrected chi connectivity index (χ0v) is 18.5. The molecule has 0 unspecified atom stereocenters. The highest BCUT2D eigenvalue weighted by Crippen LogP contribution is 2.38. The number of halogens is 2. The first-order valence-electron chi connectivity index (χ1n) is 10.4. The summed E-state index contributed by atoms with van der Waals surface area (Å²) in [5.41, 5.74) is 3.99. The molecule has 0 fully saturated rings. The average Bonchev–Trinajstić information content (AvgIpc) is 3.61. The Labute approximate surface area is 196 Å². The summed E-state index contributed by atoms with van der Waals surface area (Å²) in [4.78, 5) is 0. The van der Waals surface area contributed by atoms with Gasteiger partial charge in [0.05, 0.1) is 39.9 Å². The van der Waals surface area contributed by atoms with E-state index < -0.39 is 5.82 Å². The predicted molar refractivity (Wildman–Crippen MR) is 117 cm³/mol. The number of fused-ring (bicyclic) bond motifs is 1. The van der Waals surface area contributed by atoms with Crippen molar-refractivity contribution in [2.75, 3.05) is 0 Å². The smallest absolute Gasteiger partial charge is 0.220 e. The second-order valence-corrected chi connectivity index (χ2v) is 8.39. The van der Waals surface area contributed by atoms with E-state index in [1.165, 1.54) is 23.3 Å². The number of aryl methyl sites for hydroxylation is 2. The largest absolute Gasteiger partial charge is 0.618 e. The van der Waals surface area contributed by atoms with E-state index in [9.17, 15) is 5.21 Å². The number of nitrogens with zero attached hydrogens (tertiary/aromatic N) is 10. The van der Waals surface area contributed by atoms with Gasteiger partial charge in [0.1, 0.15) is 12.4 Å². The van der Waals surface area contributed by atoms with Gasteiger partial charge in [-0.25, -0.2) is 9.07 Å². The first-order chi connectivity index (χ1) is 16.5. The molecule has 5 aromatic rings. The van der Waals surface area contributed by atoms with E-state index in [2.05, 4.69) is 30.9 Å². The molecule has 0 radical (unpaired) electrons. The number of aromatic nitrogens is 10. The zero-order valence-electron chi connectivity index (χ0n) is 17.7. The van der Waals surface area contributed by atoms with Crippen LogP contribution in [-0.2, 0) is 13.5 Å². The zero-order chi connectivity index (χ0) is 23.4. The van der Waals surface area contributed by atoms with Crippen LogP contribution in [0, 0.1) is 11.0 Å². The van der Waals surface area contributed by atoms with Crippen molar-refractivity contribution < 1.29 is 9.12 Å². The molecule has 4 aromatic heterocycles. The maximum Gasteiger partial charge on any atom is 0.220 e. The molecule has 0 N–H and O–H groups in total. The lowest BCUT2D eigenvalue weighted by atomic mass is 10.0. The normalized spacial score (nSPS) is 15.1. The highest BCUT2D eigenvalue weighted by atomic mass is 35.5. The second kappa shape index (κ2) is 7.70. The van der Waals surface area contributed by atoms with Gasteiger partial charge in [0, 0.05) is 24.4 Å². The van der Waals surface area contributed by atoms with Crippen LogP contribution in [0.1, 0.15) is 23.7 Å². The molecule has 0 amide bonds. The third kappa shape index (κ3) is 3.14. The summed E-state index contributed by atoms with van der Waals surface area (Å²) >= 11 is 6.07. The van der Waals surface area contributed by atoms with Crippen LogP contribution in [0.4, 0.5) is 4.39 Å². The molecule has 0 spiro atoms. The molecule has 0 bridgehead atoms. The summed E-state index contributed by atoms with van der Waals surface area (Å²) in [5, 5.41) is 36.6. The maximum absolute atomic E-state index is 15.2. The van der Waals surface area contributed by atoms with Crippen LogP contribution < -0.4 is 4.73 Å². The van der Waals surface area contributed by atoms with E-state index in [4.69, 9.17) is 11.6 Å². The van der Waals surface area contributed by atoms with Crippen LogP contribution in [0.2, 0.25) is 5.02 Å². The molecule has 170 valence electrons. The molecule has 1 aliphatic carbocycles. The summed E-state index contributed by atoms with van der Waals surface area (Å²) in [6.45, 7) is 0. The van der Waals surface area contributed by atoms with Crippen molar-refractivity contribution in [1.29, 1.82) is 0 Å². The Balaban J connectivity index is 1.43. The Bertz CT molecular complexity index is 1530. The number of hydrogen-bond donors (Lipinski definition) is 0. The lowest BCUT2D eigenvalue weighted by Gasteiger charge is -2.15. The van der Waals surface area contributed by atoms with E-state index in [0.29, 0.717) is 29.8 Å². The van der Waals surface area contributed by atoms with Gasteiger partial charge in [-0.2, -0.15) is 14.5 Å². The van der Waals surface area contributed by atoms with Crippen molar-refractivity contribution in [2.24, 2.45) is 7.05 Å². The van der Waals surface area contributed by atoms with Crippen LogP contribution in [0.15, 0.2) is 49.3 Å². The molecule has 0 aliphatic heterocycles. The maximum atomic E-state index is 15.2. The third-order valence-corrected chi connectivity index (χ3v) is 6.34. The highest BCUT2D eigenvalue weighted by molar-refractivity contribution is 6.31. The molecule has 4 heterocycles. The molecule has 34 heavy (non-hydrogen) atoms. The third-order valence-electron chi connectivity index (χ3n) is 6.04. The van der Waals surface area contributed by atoms with Crippen LogP contribution >= 0.6 is 11.6 Å². The Morgan fingerprint density at radius 1 is 1.18 bits per heavy atom. The standard InChI is InChI=1S/C21H16ClFN10O/c1-30-18(8-24-28-30)14-7-26-31(9-14)17-4-2-12-6-13(10-33(34)21(12)17)19-16(32-11-25-27-29-32)5-3-15(22)20(19)23/h3,5-11,17H,2,4H2,1H3/t17-/m0/s1. The van der Waals surface area contributed by atoms with Gasteiger partial charge < -0.3 is 5.21 Å². The molecule has 13 heteroatoms. The SMILES string of the molecule is Cn1nncc1-c1cnn([C@H]2CCc3cc(-c4c(-n5cnnn5)ccc(Cl)c4F)c[n+]([O-])c32)c1. The lowest BCUT2D eigenvalue weighted by molar-refractivity contribution is -0.615. The van der Waals surface area contributed by atoms with Gasteiger partial charge in [-0.3, -0.25) is 4.68 Å². The minimum atomic E-state index is -0.648. The van der Waals surface area contributed by atoms with Crippen molar-refractivity contribution in [3.63, 3.8) is 0 Å². The van der Waals surface area contributed by atoms with Crippen LogP contribution in [0.5, 0.6) is 0 Å². The fourth-order valence-electron chi connectivity index (χ4n) is 4.49. The summed E-state index contributed by atoms with van der Waals surface area (Å²) in [6, 6.07) is 4.61. The minimum absolute atomic E-state index is 0.0589. The van der Waals surface area contributed by atoms with Gasteiger partial charge in [0.25, 0.3) is 0 Å². The van der Waals surface area contributed by atoms with Gasteiger partial charge in [0.15, 0.2) is 12.0 Å². The topological polar surface area (TPSA) is 119 Å². The van der Waals surface area contributed by atoms with E-state index >= 15 is 4.39 Å². The Morgan fingerprint density at radius 3 is 2.82 bits per heavy atom. The Hall–Kier alpha value is -4.19. The summed E-state index contributed by atoms with van der Waals surface area (Å²) in [7, 11) is 1.80. The summed E-state index contributed by atoms with van der Waals surface area (Å²) in [6.07, 6.45) is 9.29. The Morgan fingerprint density at radius 2 is 2.06 bits per heavy atom. The van der Waals surface area contributed by atoms with E-state index in [-0.39, 0.29) is 16.6 Å². The predicted octanol–water partition coefficient (Wildman–Crippen LogP) is 2.28. The number of benzene rings is 1. The first-order valence-corrected chi connectivity index (χ1v) is 10.8. The monoisotopic (exact) mass is 478 g/mol. The fraction of sp³-hybridized carbons (Fsp3) is 0.190. The molecule has 6 rings (SSSR count). The van der Waals surface area contributed by atoms with Crippen LogP contribution in [0.3, 0.4) is 0 Å². The van der Waals surface area contributed by atoms with Gasteiger partial charge in [-0.15, -0.1) is 10.2 Å². The molecule has 1 atom stereocenters. The van der Waals surface area contributed by atoms with Gasteiger partial charge >= 0.3 is 0 Å². The molecule has 0 saturated carbocycles. The molecular weight excluding hydrogens is 463 g/mol. The number of pyridine rings is 1. The van der Waals surface area contributed by atoms with Crippen molar-refractivity contribution in [1.82, 2.24) is 45.0 Å². The number of hydrogen-bond acceptors (Lipinski definition) is 7. The first kappa shape index (κ1) is 20.4. The Kier molecular flexibility index (Phi) is 4.62. The summed E-state index contributed by atoms with van der Waals surface area (Å²) in [5.74, 6) is -0.648. The molecule has 1 aliphatic rings. The molecular formula is C21H16ClFN10O. The average molecular weight is 479 g/mol. The molecule has 11 nitrogen and oxygen atoms in total. The summed E-state index contributed by atoms with van der Waals surface area (Å²) < 4.78 is 20.7.